The second-order valence-electron chi connectivity index (χ2n) is 3.68. The third kappa shape index (κ3) is 15.4. The molecule has 0 saturated carbocycles. The molecule has 0 saturated heterocycles. The van der Waals surface area contributed by atoms with Crippen LogP contribution in [0, 0.1) is 6.92 Å². The Morgan fingerprint density at radius 3 is 1.46 bits per heavy atom. The average molecular weight is 235 g/mol. The van der Waals surface area contributed by atoms with Gasteiger partial charge in [-0.3, -0.25) is 0 Å². The SMILES string of the molecule is [CH2-]CCCCCCCCCCC.[Zn]. The van der Waals surface area contributed by atoms with Gasteiger partial charge in [0.1, 0.15) is 0 Å². The molecule has 1 heteroatoms. The van der Waals surface area contributed by atoms with E-state index < -0.39 is 0 Å². The van der Waals surface area contributed by atoms with E-state index in [0.717, 1.165) is 6.42 Å². The number of rotatable bonds is 9. The first-order valence-electron chi connectivity index (χ1n) is 5.71. The van der Waals surface area contributed by atoms with E-state index in [4.69, 9.17) is 0 Å². The van der Waals surface area contributed by atoms with Crippen LogP contribution in [0.2, 0.25) is 0 Å². The quantitative estimate of drug-likeness (QED) is 0.307. The van der Waals surface area contributed by atoms with Gasteiger partial charge in [-0.05, 0) is 0 Å². The first-order chi connectivity index (χ1) is 5.91. The van der Waals surface area contributed by atoms with Crippen LogP contribution in [0.3, 0.4) is 0 Å². The van der Waals surface area contributed by atoms with E-state index in [-0.39, 0.29) is 19.5 Å². The molecule has 0 unspecified atom stereocenters. The normalized spacial score (nSPS) is 9.69. The second-order valence-corrected chi connectivity index (χ2v) is 3.68. The fourth-order valence-corrected chi connectivity index (χ4v) is 1.49. The van der Waals surface area contributed by atoms with Crippen LogP contribution in [0.5, 0.6) is 0 Å². The van der Waals surface area contributed by atoms with E-state index in [1.165, 1.54) is 57.8 Å². The summed E-state index contributed by atoms with van der Waals surface area (Å²) >= 11 is 0. The molecule has 0 aliphatic heterocycles. The van der Waals surface area contributed by atoms with Gasteiger partial charge in [0.25, 0.3) is 0 Å². The van der Waals surface area contributed by atoms with Crippen LogP contribution in [0.4, 0.5) is 0 Å². The van der Waals surface area contributed by atoms with Gasteiger partial charge in [0.05, 0.1) is 0 Å². The van der Waals surface area contributed by atoms with Crippen molar-refractivity contribution in [2.24, 2.45) is 0 Å². The minimum atomic E-state index is 0. The van der Waals surface area contributed by atoms with Crippen molar-refractivity contribution in [1.29, 1.82) is 0 Å². The number of unbranched alkanes of at least 4 members (excludes halogenated alkanes) is 9. The van der Waals surface area contributed by atoms with Crippen molar-refractivity contribution in [3.05, 3.63) is 6.92 Å². The van der Waals surface area contributed by atoms with Gasteiger partial charge in [-0.25, -0.2) is 0 Å². The molecule has 0 aliphatic carbocycles. The minimum Gasteiger partial charge on any atom is -0.343 e. The van der Waals surface area contributed by atoms with Crippen LogP contribution < -0.4 is 0 Å². The van der Waals surface area contributed by atoms with Crippen LogP contribution in [0.25, 0.3) is 0 Å². The Morgan fingerprint density at radius 1 is 0.692 bits per heavy atom. The fraction of sp³-hybridized carbons (Fsp3) is 0.917. The summed E-state index contributed by atoms with van der Waals surface area (Å²) in [5.74, 6) is 0. The van der Waals surface area contributed by atoms with E-state index in [0.29, 0.717) is 0 Å². The van der Waals surface area contributed by atoms with Gasteiger partial charge < -0.3 is 6.92 Å². The van der Waals surface area contributed by atoms with E-state index >= 15 is 0 Å². The summed E-state index contributed by atoms with van der Waals surface area (Å²) in [6.07, 6.45) is 13.9. The minimum absolute atomic E-state index is 0. The molecule has 0 radical (unpaired) electrons. The molecule has 0 aromatic carbocycles. The Kier molecular flexibility index (Phi) is 18.7. The molecule has 0 heterocycles. The van der Waals surface area contributed by atoms with E-state index in [2.05, 4.69) is 13.8 Å². The summed E-state index contributed by atoms with van der Waals surface area (Å²) < 4.78 is 0. The third-order valence-corrected chi connectivity index (χ3v) is 2.35. The Balaban J connectivity index is 0. The molecule has 0 fully saturated rings. The van der Waals surface area contributed by atoms with Crippen LogP contribution in [0.1, 0.15) is 71.1 Å². The molecule has 0 bridgehead atoms. The molecule has 0 aromatic heterocycles. The first kappa shape index (κ1) is 16.1. The monoisotopic (exact) mass is 233 g/mol. The van der Waals surface area contributed by atoms with Gasteiger partial charge in [0.2, 0.25) is 0 Å². The molecule has 0 spiro atoms. The van der Waals surface area contributed by atoms with Gasteiger partial charge in [-0.15, -0.1) is 0 Å². The van der Waals surface area contributed by atoms with Gasteiger partial charge >= 0.3 is 0 Å². The molecule has 0 rings (SSSR count). The molecule has 13 heavy (non-hydrogen) atoms. The summed E-state index contributed by atoms with van der Waals surface area (Å²) in [5, 5.41) is 0. The van der Waals surface area contributed by atoms with Crippen LogP contribution in [0.15, 0.2) is 0 Å². The van der Waals surface area contributed by atoms with Crippen LogP contribution >= 0.6 is 0 Å². The fourth-order valence-electron chi connectivity index (χ4n) is 1.49. The summed E-state index contributed by atoms with van der Waals surface area (Å²) in [4.78, 5) is 0. The van der Waals surface area contributed by atoms with Crippen molar-refractivity contribution in [2.45, 2.75) is 71.1 Å². The van der Waals surface area contributed by atoms with Crippen molar-refractivity contribution in [3.8, 4) is 0 Å². The van der Waals surface area contributed by atoms with E-state index in [1.807, 2.05) is 0 Å². The van der Waals surface area contributed by atoms with Crippen molar-refractivity contribution in [1.82, 2.24) is 0 Å². The van der Waals surface area contributed by atoms with Crippen molar-refractivity contribution < 1.29 is 19.5 Å². The Hall–Kier alpha value is 0.623. The zero-order valence-electron chi connectivity index (χ0n) is 9.49. The second kappa shape index (κ2) is 15.1. The largest absolute Gasteiger partial charge is 0.343 e. The van der Waals surface area contributed by atoms with Gasteiger partial charge in [0.15, 0.2) is 0 Å². The molecular formula is C12H25Zn-. The predicted octanol–water partition coefficient (Wildman–Crippen LogP) is 4.74. The van der Waals surface area contributed by atoms with Crippen molar-refractivity contribution in [2.75, 3.05) is 0 Å². The van der Waals surface area contributed by atoms with Gasteiger partial charge in [-0.1, -0.05) is 64.7 Å². The third-order valence-electron chi connectivity index (χ3n) is 2.35. The summed E-state index contributed by atoms with van der Waals surface area (Å²) in [5.41, 5.74) is 0. The molecule has 0 aromatic rings. The number of hydrogen-bond donors (Lipinski definition) is 0. The average Bonchev–Trinajstić information content (AvgIpc) is 2.10. The maximum Gasteiger partial charge on any atom is 0 e. The maximum absolute atomic E-state index is 3.84. The Labute approximate surface area is 97.6 Å². The zero-order chi connectivity index (χ0) is 9.07. The van der Waals surface area contributed by atoms with E-state index in [9.17, 15) is 0 Å². The molecule has 0 atom stereocenters. The van der Waals surface area contributed by atoms with Gasteiger partial charge in [0, 0.05) is 19.5 Å². The predicted molar refractivity (Wildman–Crippen MR) is 57.2 cm³/mol. The topological polar surface area (TPSA) is 0 Å². The molecule has 0 nitrogen and oxygen atoms in total. The number of hydrogen-bond acceptors (Lipinski definition) is 0. The maximum atomic E-state index is 3.84. The van der Waals surface area contributed by atoms with Crippen molar-refractivity contribution >= 4 is 0 Å². The summed E-state index contributed by atoms with van der Waals surface area (Å²) in [6.45, 7) is 6.12. The molecule has 0 aliphatic rings. The first-order valence-corrected chi connectivity index (χ1v) is 5.71. The smallest absolute Gasteiger partial charge is 0 e. The van der Waals surface area contributed by atoms with E-state index in [1.54, 1.807) is 0 Å². The Bertz CT molecular complexity index is 61.5. The molecule has 0 amide bonds. The standard InChI is InChI=1S/C12H25.Zn/c1-3-5-7-9-11-12-10-8-6-4-2;/h1,3-12H2,2H3;/q-1;. The van der Waals surface area contributed by atoms with Gasteiger partial charge in [-0.2, -0.15) is 6.42 Å². The summed E-state index contributed by atoms with van der Waals surface area (Å²) in [6, 6.07) is 0. The zero-order valence-corrected chi connectivity index (χ0v) is 12.5. The molecule has 76 valence electrons. The summed E-state index contributed by atoms with van der Waals surface area (Å²) in [7, 11) is 0. The molecule has 0 N–H and O–H groups in total. The van der Waals surface area contributed by atoms with Crippen LogP contribution in [-0.4, -0.2) is 0 Å². The Morgan fingerprint density at radius 2 is 1.08 bits per heavy atom. The van der Waals surface area contributed by atoms with Crippen molar-refractivity contribution in [3.63, 3.8) is 0 Å². The van der Waals surface area contributed by atoms with Crippen LogP contribution in [-0.2, 0) is 19.5 Å². The molecular weight excluding hydrogens is 210 g/mol.